The highest BCUT2D eigenvalue weighted by molar-refractivity contribution is 8.01. The van der Waals surface area contributed by atoms with Gasteiger partial charge in [-0.1, -0.05) is 18.2 Å². The molecule has 3 heterocycles. The molecule has 7 nitrogen and oxygen atoms in total. The Hall–Kier alpha value is -2.10. The molecule has 0 saturated carbocycles. The maximum Gasteiger partial charge on any atom is 0.289 e. The fourth-order valence-electron chi connectivity index (χ4n) is 2.86. The van der Waals surface area contributed by atoms with Gasteiger partial charge in [-0.25, -0.2) is 4.98 Å². The third-order valence-electron chi connectivity index (χ3n) is 4.25. The van der Waals surface area contributed by atoms with Gasteiger partial charge in [0.1, 0.15) is 5.69 Å². The molecule has 1 aromatic heterocycles. The summed E-state index contributed by atoms with van der Waals surface area (Å²) in [5.74, 6) is -0.613. The quantitative estimate of drug-likeness (QED) is 0.772. The normalized spacial score (nSPS) is 19.1. The number of rotatable bonds is 3. The molecule has 0 spiro atoms. The Labute approximate surface area is 159 Å². The predicted molar refractivity (Wildman–Crippen MR) is 101 cm³/mol. The van der Waals surface area contributed by atoms with Crippen molar-refractivity contribution in [1.29, 1.82) is 0 Å². The Balaban J connectivity index is 1.30. The van der Waals surface area contributed by atoms with Gasteiger partial charge in [-0.2, -0.15) is 0 Å². The Bertz CT molecular complexity index is 795. The van der Waals surface area contributed by atoms with E-state index in [1.807, 2.05) is 24.3 Å². The molecule has 2 amide bonds. The van der Waals surface area contributed by atoms with E-state index >= 15 is 0 Å². The first-order chi connectivity index (χ1) is 12.7. The van der Waals surface area contributed by atoms with E-state index in [0.717, 1.165) is 23.1 Å². The largest absolute Gasteiger partial charge is 0.378 e. The summed E-state index contributed by atoms with van der Waals surface area (Å²) in [7, 11) is 0. The van der Waals surface area contributed by atoms with Gasteiger partial charge in [0.15, 0.2) is 5.13 Å². The van der Waals surface area contributed by atoms with E-state index in [4.69, 9.17) is 4.74 Å². The van der Waals surface area contributed by atoms with Crippen molar-refractivity contribution < 1.29 is 14.3 Å². The zero-order chi connectivity index (χ0) is 17.9. The number of thiazole rings is 1. The number of hydrogen-bond donors (Lipinski definition) is 2. The van der Waals surface area contributed by atoms with E-state index in [1.165, 1.54) is 28.7 Å². The van der Waals surface area contributed by atoms with E-state index in [9.17, 15) is 9.59 Å². The number of anilines is 1. The first kappa shape index (κ1) is 17.3. The monoisotopic (exact) mass is 390 g/mol. The van der Waals surface area contributed by atoms with Gasteiger partial charge in [0.2, 0.25) is 0 Å². The van der Waals surface area contributed by atoms with Gasteiger partial charge in [-0.05, 0) is 18.1 Å². The number of aromatic nitrogens is 1. The van der Waals surface area contributed by atoms with E-state index in [2.05, 4.69) is 20.7 Å². The van der Waals surface area contributed by atoms with Gasteiger partial charge >= 0.3 is 0 Å². The van der Waals surface area contributed by atoms with Crippen LogP contribution in [0.4, 0.5) is 5.13 Å². The maximum absolute atomic E-state index is 12.3. The second kappa shape index (κ2) is 7.65. The third kappa shape index (κ3) is 3.69. The highest BCUT2D eigenvalue weighted by atomic mass is 32.2. The lowest BCUT2D eigenvalue weighted by atomic mass is 10.1. The number of benzene rings is 1. The van der Waals surface area contributed by atoms with Crippen LogP contribution >= 0.6 is 23.1 Å². The topological polar surface area (TPSA) is 83.6 Å². The van der Waals surface area contributed by atoms with Crippen molar-refractivity contribution in [2.45, 2.75) is 16.6 Å². The second-order valence-corrected chi connectivity index (χ2v) is 8.06. The molecule has 2 aliphatic rings. The number of hydrazine groups is 1. The molecular weight excluding hydrogens is 372 g/mol. The van der Waals surface area contributed by atoms with Crippen LogP contribution < -0.4 is 15.8 Å². The smallest absolute Gasteiger partial charge is 0.289 e. The van der Waals surface area contributed by atoms with Gasteiger partial charge in [-0.15, -0.1) is 23.1 Å². The summed E-state index contributed by atoms with van der Waals surface area (Å²) < 4.78 is 5.32. The van der Waals surface area contributed by atoms with Crippen LogP contribution in [0.2, 0.25) is 0 Å². The zero-order valence-electron chi connectivity index (χ0n) is 13.9. The number of fused-ring (bicyclic) bond motifs is 1. The molecule has 0 bridgehead atoms. The van der Waals surface area contributed by atoms with Crippen molar-refractivity contribution in [1.82, 2.24) is 15.8 Å². The summed E-state index contributed by atoms with van der Waals surface area (Å²) >= 11 is 2.94. The Morgan fingerprint density at radius 3 is 2.81 bits per heavy atom. The summed E-state index contributed by atoms with van der Waals surface area (Å²) in [6.45, 7) is 2.87. The molecule has 4 rings (SSSR count). The third-order valence-corrected chi connectivity index (χ3v) is 6.46. The van der Waals surface area contributed by atoms with Crippen LogP contribution in [0.3, 0.4) is 0 Å². The molecule has 2 N–H and O–H groups in total. The van der Waals surface area contributed by atoms with Gasteiger partial charge in [0, 0.05) is 23.4 Å². The highest BCUT2D eigenvalue weighted by Gasteiger charge is 2.28. The number of nitrogens with zero attached hydrogens (tertiary/aromatic N) is 2. The lowest BCUT2D eigenvalue weighted by Gasteiger charge is -2.25. The molecule has 1 unspecified atom stereocenters. The first-order valence-electron chi connectivity index (χ1n) is 8.34. The molecule has 1 fully saturated rings. The molecule has 0 aliphatic carbocycles. The van der Waals surface area contributed by atoms with Gasteiger partial charge in [0.25, 0.3) is 11.8 Å². The first-order valence-corrected chi connectivity index (χ1v) is 10.1. The van der Waals surface area contributed by atoms with Crippen LogP contribution in [-0.4, -0.2) is 48.4 Å². The number of carbonyl (C=O) groups is 2. The van der Waals surface area contributed by atoms with Crippen molar-refractivity contribution in [2.75, 3.05) is 31.2 Å². The van der Waals surface area contributed by atoms with Crippen molar-refractivity contribution in [2.24, 2.45) is 0 Å². The summed E-state index contributed by atoms with van der Waals surface area (Å²) in [6, 6.07) is 7.96. The Morgan fingerprint density at radius 2 is 2.00 bits per heavy atom. The van der Waals surface area contributed by atoms with Crippen LogP contribution in [-0.2, 0) is 16.0 Å². The number of ether oxygens (including phenoxy) is 1. The van der Waals surface area contributed by atoms with Gasteiger partial charge in [-0.3, -0.25) is 20.4 Å². The van der Waals surface area contributed by atoms with Crippen molar-refractivity contribution in [3.05, 3.63) is 40.9 Å². The number of morpholine rings is 1. The Morgan fingerprint density at radius 1 is 1.19 bits per heavy atom. The highest BCUT2D eigenvalue weighted by Crippen LogP contribution is 2.36. The van der Waals surface area contributed by atoms with E-state index < -0.39 is 5.91 Å². The van der Waals surface area contributed by atoms with Crippen LogP contribution in [0.5, 0.6) is 0 Å². The standard InChI is InChI=1S/C17H18N4O3S2/c22-15(12-10-25-17(18-12)21-5-7-24-8-6-21)19-20-16(23)14-9-11-3-1-2-4-13(11)26-14/h1-4,10,14H,5-9H2,(H,19,22)(H,20,23). The molecule has 1 saturated heterocycles. The minimum absolute atomic E-state index is 0.205. The molecule has 9 heteroatoms. The van der Waals surface area contributed by atoms with Gasteiger partial charge in [0.05, 0.1) is 18.5 Å². The average molecular weight is 390 g/mol. The lowest BCUT2D eigenvalue weighted by molar-refractivity contribution is -0.121. The maximum atomic E-state index is 12.3. The average Bonchev–Trinajstić information content (AvgIpc) is 3.33. The summed E-state index contributed by atoms with van der Waals surface area (Å²) in [5, 5.41) is 2.27. The van der Waals surface area contributed by atoms with Crippen LogP contribution in [0.15, 0.2) is 34.5 Å². The molecule has 26 heavy (non-hydrogen) atoms. The fraction of sp³-hybridized carbons (Fsp3) is 0.353. The number of carbonyl (C=O) groups excluding carboxylic acids is 2. The number of hydrogen-bond acceptors (Lipinski definition) is 7. The zero-order valence-corrected chi connectivity index (χ0v) is 15.6. The summed E-state index contributed by atoms with van der Waals surface area (Å²) in [4.78, 5) is 32.1. The molecule has 2 aliphatic heterocycles. The predicted octanol–water partition coefficient (Wildman–Crippen LogP) is 1.46. The molecule has 2 aromatic rings. The van der Waals surface area contributed by atoms with Crippen LogP contribution in [0.1, 0.15) is 16.1 Å². The number of thioether (sulfide) groups is 1. The summed E-state index contributed by atoms with van der Waals surface area (Å²) in [6.07, 6.45) is 0.667. The van der Waals surface area contributed by atoms with Crippen molar-refractivity contribution in [3.8, 4) is 0 Å². The van der Waals surface area contributed by atoms with Crippen molar-refractivity contribution >= 4 is 40.0 Å². The van der Waals surface area contributed by atoms with Gasteiger partial charge < -0.3 is 9.64 Å². The Kier molecular flexibility index (Phi) is 5.09. The minimum Gasteiger partial charge on any atom is -0.378 e. The van der Waals surface area contributed by atoms with E-state index in [1.54, 1.807) is 5.38 Å². The second-order valence-electron chi connectivity index (χ2n) is 5.98. The van der Waals surface area contributed by atoms with Crippen molar-refractivity contribution in [3.63, 3.8) is 0 Å². The SMILES string of the molecule is O=C(NNC(=O)C1Cc2ccccc2S1)c1csc(N2CCOCC2)n1. The molecule has 136 valence electrons. The van der Waals surface area contributed by atoms with Crippen LogP contribution in [0.25, 0.3) is 0 Å². The number of nitrogens with one attached hydrogen (secondary N) is 2. The molecule has 1 aromatic carbocycles. The van der Waals surface area contributed by atoms with E-state index in [0.29, 0.717) is 25.3 Å². The molecular formula is C17H18N4O3S2. The number of amides is 2. The lowest BCUT2D eigenvalue weighted by Crippen LogP contribution is -2.45. The summed E-state index contributed by atoms with van der Waals surface area (Å²) in [5.41, 5.74) is 6.46. The minimum atomic E-state index is -0.408. The molecule has 0 radical (unpaired) electrons. The van der Waals surface area contributed by atoms with Crippen LogP contribution in [0, 0.1) is 0 Å². The molecule has 1 atom stereocenters. The fourth-order valence-corrected chi connectivity index (χ4v) is 4.91. The van der Waals surface area contributed by atoms with E-state index in [-0.39, 0.29) is 11.2 Å².